The Morgan fingerprint density at radius 2 is 0.700 bits per heavy atom. The van der Waals surface area contributed by atoms with E-state index in [-0.39, 0.29) is 22.8 Å². The quantitative estimate of drug-likeness (QED) is 0.0700. The van der Waals surface area contributed by atoms with Crippen LogP contribution < -0.4 is 0 Å². The van der Waals surface area contributed by atoms with Crippen LogP contribution >= 0.6 is 0 Å². The van der Waals surface area contributed by atoms with E-state index in [0.717, 1.165) is 64.2 Å². The Bertz CT molecular complexity index is 819. The van der Waals surface area contributed by atoms with Gasteiger partial charge in [0.05, 0.1) is 13.2 Å². The number of unbranched alkanes of at least 4 members (excludes halogenated alkanes) is 5. The van der Waals surface area contributed by atoms with Gasteiger partial charge in [0.1, 0.15) is 0 Å². The van der Waals surface area contributed by atoms with E-state index >= 15 is 0 Å². The molecule has 0 saturated heterocycles. The fourth-order valence-electron chi connectivity index (χ4n) is 8.41. The molecule has 4 heteroatoms. The maximum absolute atomic E-state index is 12.7. The SMILES string of the molecule is CC(CCC(COC(=O)CCCCCCCCC(=O)OCC(CCC(C)CC(C)(C)C)C(C)CC(C)(C)C)C(C)CC(C)(C)C)CC(C)(C)C. The second-order valence-corrected chi connectivity index (χ2v) is 21.9. The second kappa shape index (κ2) is 23.6. The highest BCUT2D eigenvalue weighted by molar-refractivity contribution is 5.69. The van der Waals surface area contributed by atoms with Gasteiger partial charge < -0.3 is 9.47 Å². The second-order valence-electron chi connectivity index (χ2n) is 21.9. The summed E-state index contributed by atoms with van der Waals surface area (Å²) in [5, 5.41) is 0. The minimum atomic E-state index is -0.0396. The van der Waals surface area contributed by atoms with Crippen LogP contribution in [-0.4, -0.2) is 25.2 Å². The predicted molar refractivity (Wildman–Crippen MR) is 217 cm³/mol. The minimum absolute atomic E-state index is 0.0396. The number of ether oxygens (including phenoxy) is 2. The number of carbonyl (C=O) groups excluding carboxylic acids is 2. The average molecular weight is 707 g/mol. The fraction of sp³-hybridized carbons (Fsp3) is 0.957. The summed E-state index contributed by atoms with van der Waals surface area (Å²) in [6.45, 7) is 38.3. The van der Waals surface area contributed by atoms with E-state index in [1.165, 1.54) is 25.7 Å². The first kappa shape index (κ1) is 48.9. The van der Waals surface area contributed by atoms with Crippen LogP contribution in [0.25, 0.3) is 0 Å². The molecule has 0 N–H and O–H groups in total. The summed E-state index contributed by atoms with van der Waals surface area (Å²) in [5.41, 5.74) is 1.25. The van der Waals surface area contributed by atoms with Gasteiger partial charge in [-0.3, -0.25) is 9.59 Å². The highest BCUT2D eigenvalue weighted by Gasteiger charge is 2.27. The Kier molecular flexibility index (Phi) is 23.1. The van der Waals surface area contributed by atoms with E-state index in [0.29, 0.717) is 72.4 Å². The molecule has 6 atom stereocenters. The van der Waals surface area contributed by atoms with E-state index < -0.39 is 0 Å². The lowest BCUT2D eigenvalue weighted by Gasteiger charge is -2.31. The Morgan fingerprint density at radius 3 is 0.980 bits per heavy atom. The molecule has 0 aliphatic heterocycles. The van der Waals surface area contributed by atoms with Crippen LogP contribution in [0.4, 0.5) is 0 Å². The summed E-state index contributed by atoms with van der Waals surface area (Å²) in [6, 6.07) is 0. The van der Waals surface area contributed by atoms with Gasteiger partial charge in [-0.25, -0.2) is 0 Å². The van der Waals surface area contributed by atoms with Gasteiger partial charge in [-0.1, -0.05) is 149 Å². The van der Waals surface area contributed by atoms with Gasteiger partial charge in [-0.2, -0.15) is 0 Å². The first-order valence-electron chi connectivity index (χ1n) is 21.1. The molecule has 0 amide bonds. The zero-order chi connectivity index (χ0) is 38.8. The van der Waals surface area contributed by atoms with Gasteiger partial charge in [-0.15, -0.1) is 0 Å². The third-order valence-electron chi connectivity index (χ3n) is 10.4. The van der Waals surface area contributed by atoms with Crippen LogP contribution in [-0.2, 0) is 19.1 Å². The zero-order valence-corrected chi connectivity index (χ0v) is 36.8. The maximum atomic E-state index is 12.7. The summed E-state index contributed by atoms with van der Waals surface area (Å²) < 4.78 is 11.8. The monoisotopic (exact) mass is 707 g/mol. The third kappa shape index (κ3) is 29.5. The van der Waals surface area contributed by atoms with Crippen LogP contribution in [0.3, 0.4) is 0 Å². The van der Waals surface area contributed by atoms with E-state index in [2.05, 4.69) is 111 Å². The molecule has 0 fully saturated rings. The van der Waals surface area contributed by atoms with Gasteiger partial charge in [-0.05, 0) is 109 Å². The molecule has 298 valence electrons. The van der Waals surface area contributed by atoms with Gasteiger partial charge in [0, 0.05) is 12.8 Å². The molecule has 0 aliphatic rings. The molecule has 0 saturated carbocycles. The Morgan fingerprint density at radius 1 is 0.420 bits per heavy atom. The van der Waals surface area contributed by atoms with Crippen LogP contribution in [0.2, 0.25) is 0 Å². The van der Waals surface area contributed by atoms with Crippen molar-refractivity contribution in [2.45, 2.75) is 214 Å². The summed E-state index contributed by atoms with van der Waals surface area (Å²) in [5.74, 6) is 3.20. The van der Waals surface area contributed by atoms with Crippen molar-refractivity contribution in [3.63, 3.8) is 0 Å². The van der Waals surface area contributed by atoms with Crippen molar-refractivity contribution in [3.8, 4) is 0 Å². The third-order valence-corrected chi connectivity index (χ3v) is 10.4. The lowest BCUT2D eigenvalue weighted by atomic mass is 9.76. The maximum Gasteiger partial charge on any atom is 0.305 e. The molecule has 0 aromatic heterocycles. The van der Waals surface area contributed by atoms with Crippen LogP contribution in [0.1, 0.15) is 214 Å². The number of hydrogen-bond donors (Lipinski definition) is 0. The molecule has 0 aliphatic carbocycles. The number of esters is 2. The average Bonchev–Trinajstić information content (AvgIpc) is 2.90. The van der Waals surface area contributed by atoms with Gasteiger partial charge >= 0.3 is 11.9 Å². The molecule has 0 aromatic carbocycles. The van der Waals surface area contributed by atoms with Crippen molar-refractivity contribution in [2.24, 2.45) is 57.2 Å². The van der Waals surface area contributed by atoms with Crippen molar-refractivity contribution >= 4 is 11.9 Å². The highest BCUT2D eigenvalue weighted by Crippen LogP contribution is 2.35. The molecule has 4 nitrogen and oxygen atoms in total. The highest BCUT2D eigenvalue weighted by atomic mass is 16.5. The van der Waals surface area contributed by atoms with Gasteiger partial charge in [0.15, 0.2) is 0 Å². The van der Waals surface area contributed by atoms with E-state index in [4.69, 9.17) is 9.47 Å². The number of hydrogen-bond acceptors (Lipinski definition) is 4. The molecule has 0 bridgehead atoms. The molecule has 6 unspecified atom stereocenters. The van der Waals surface area contributed by atoms with Crippen molar-refractivity contribution in [1.82, 2.24) is 0 Å². The van der Waals surface area contributed by atoms with Crippen molar-refractivity contribution in [2.75, 3.05) is 13.2 Å². The predicted octanol–water partition coefficient (Wildman–Crippen LogP) is 14.3. The summed E-state index contributed by atoms with van der Waals surface area (Å²) in [6.07, 6.45) is 16.5. The lowest BCUT2D eigenvalue weighted by Crippen LogP contribution is -2.25. The van der Waals surface area contributed by atoms with E-state index in [9.17, 15) is 9.59 Å². The Balaban J connectivity index is 4.48. The molecule has 0 rings (SSSR count). The van der Waals surface area contributed by atoms with Crippen LogP contribution in [0.15, 0.2) is 0 Å². The summed E-state index contributed by atoms with van der Waals surface area (Å²) in [7, 11) is 0. The van der Waals surface area contributed by atoms with Crippen molar-refractivity contribution in [1.29, 1.82) is 0 Å². The number of carbonyl (C=O) groups is 2. The first-order chi connectivity index (χ1) is 22.8. The number of rotatable bonds is 25. The van der Waals surface area contributed by atoms with Crippen molar-refractivity contribution < 1.29 is 19.1 Å². The summed E-state index contributed by atoms with van der Waals surface area (Å²) >= 11 is 0. The van der Waals surface area contributed by atoms with E-state index in [1.807, 2.05) is 0 Å². The van der Waals surface area contributed by atoms with Crippen LogP contribution in [0.5, 0.6) is 0 Å². The zero-order valence-electron chi connectivity index (χ0n) is 36.8. The fourth-order valence-corrected chi connectivity index (χ4v) is 8.41. The molecule has 50 heavy (non-hydrogen) atoms. The topological polar surface area (TPSA) is 52.6 Å². The van der Waals surface area contributed by atoms with Gasteiger partial charge in [0.25, 0.3) is 0 Å². The molecule has 0 radical (unpaired) electrons. The first-order valence-corrected chi connectivity index (χ1v) is 21.1. The normalized spacial score (nSPS) is 16.7. The Labute approximate surface area is 314 Å². The molecule has 0 spiro atoms. The van der Waals surface area contributed by atoms with Crippen molar-refractivity contribution in [3.05, 3.63) is 0 Å². The standard InChI is InChI=1S/C46H90O4/c1-35(29-43(5,6)7)25-27-39(37(3)31-45(11,12)13)33-49-41(47)23-21-19-17-18-20-22-24-42(48)50-34-40(38(4)32-46(14,15)16)28-26-36(2)30-44(8,9)10/h35-40H,17-34H2,1-16H3. The minimum Gasteiger partial charge on any atom is -0.465 e. The lowest BCUT2D eigenvalue weighted by molar-refractivity contribution is -0.147. The molecule has 0 heterocycles. The molecular formula is C46H90O4. The molecule has 0 aromatic rings. The summed E-state index contributed by atoms with van der Waals surface area (Å²) in [4.78, 5) is 25.3. The van der Waals surface area contributed by atoms with E-state index in [1.54, 1.807) is 0 Å². The van der Waals surface area contributed by atoms with Gasteiger partial charge in [0.2, 0.25) is 0 Å². The largest absolute Gasteiger partial charge is 0.465 e. The Hall–Kier alpha value is -1.06. The van der Waals surface area contributed by atoms with Crippen LogP contribution in [0, 0.1) is 57.2 Å². The smallest absolute Gasteiger partial charge is 0.305 e. The molecular weight excluding hydrogens is 617 g/mol.